The van der Waals surface area contributed by atoms with Gasteiger partial charge in [-0.05, 0) is 24.1 Å². The first-order valence-electron chi connectivity index (χ1n) is 6.45. The van der Waals surface area contributed by atoms with Gasteiger partial charge in [0.25, 0.3) is 5.91 Å². The van der Waals surface area contributed by atoms with Crippen LogP contribution < -0.4 is 10.6 Å². The van der Waals surface area contributed by atoms with Crippen molar-refractivity contribution < 1.29 is 19.1 Å². The lowest BCUT2D eigenvalue weighted by Gasteiger charge is -2.13. The van der Waals surface area contributed by atoms with Crippen LogP contribution in [0.3, 0.4) is 0 Å². The van der Waals surface area contributed by atoms with Crippen molar-refractivity contribution in [1.29, 1.82) is 0 Å². The van der Waals surface area contributed by atoms with Gasteiger partial charge in [0.05, 0.1) is 12.0 Å². The number of rotatable bonds is 5. The van der Waals surface area contributed by atoms with Gasteiger partial charge >= 0.3 is 5.97 Å². The molecule has 0 spiro atoms. The number of aliphatic imine (C=N–C) groups is 1. The number of esters is 1. The number of carbonyl (C=O) groups is 3. The fraction of sp³-hybridized carbons (Fsp3) is 0.538. The Balaban J connectivity index is 2.89. The summed E-state index contributed by atoms with van der Waals surface area (Å²) in [5, 5.41) is 5.40. The molecule has 0 aliphatic carbocycles. The van der Waals surface area contributed by atoms with E-state index < -0.39 is 17.9 Å². The molecule has 0 bridgehead atoms. The minimum Gasteiger partial charge on any atom is -0.466 e. The molecule has 0 aromatic carbocycles. The van der Waals surface area contributed by atoms with Crippen molar-refractivity contribution in [2.24, 2.45) is 10.9 Å². The zero-order valence-corrected chi connectivity index (χ0v) is 13.2. The summed E-state index contributed by atoms with van der Waals surface area (Å²) in [6.45, 7) is 3.97. The van der Waals surface area contributed by atoms with Crippen molar-refractivity contribution in [1.82, 2.24) is 10.6 Å². The van der Waals surface area contributed by atoms with Crippen LogP contribution in [0.4, 0.5) is 0 Å². The lowest BCUT2D eigenvalue weighted by molar-refractivity contribution is -0.135. The highest BCUT2D eigenvalue weighted by Crippen LogP contribution is 2.24. The number of amidine groups is 1. The highest BCUT2D eigenvalue weighted by atomic mass is 32.2. The molecule has 1 aliphatic heterocycles. The summed E-state index contributed by atoms with van der Waals surface area (Å²) in [5.41, 5.74) is 0. The van der Waals surface area contributed by atoms with Crippen molar-refractivity contribution >= 4 is 34.7 Å². The standard InChI is InChI=1S/C13H19N3O4S/c1-7(2)5-8(11(18)14-3)15-13-16-12(19)9(21-13)6-10(17)20-4/h6-8H,5H2,1-4H3,(H,14,18)(H,15,16,19)/b9-6-. The second kappa shape index (κ2) is 7.82. The van der Waals surface area contributed by atoms with Crippen LogP contribution in [-0.2, 0) is 19.1 Å². The van der Waals surface area contributed by atoms with Gasteiger partial charge in [-0.2, -0.15) is 0 Å². The molecule has 1 fully saturated rings. The van der Waals surface area contributed by atoms with E-state index in [1.807, 2.05) is 13.8 Å². The van der Waals surface area contributed by atoms with Gasteiger partial charge in [-0.15, -0.1) is 0 Å². The minimum atomic E-state index is -0.612. The number of hydrogen-bond acceptors (Lipinski definition) is 6. The zero-order chi connectivity index (χ0) is 16.0. The summed E-state index contributed by atoms with van der Waals surface area (Å²) >= 11 is 1.02. The van der Waals surface area contributed by atoms with Crippen LogP contribution in [-0.4, -0.2) is 43.2 Å². The first-order chi connectivity index (χ1) is 9.87. The molecule has 0 aromatic heterocycles. The molecular weight excluding hydrogens is 294 g/mol. The maximum absolute atomic E-state index is 11.8. The highest BCUT2D eigenvalue weighted by molar-refractivity contribution is 8.18. The van der Waals surface area contributed by atoms with E-state index >= 15 is 0 Å². The Bertz CT molecular complexity index is 500. The van der Waals surface area contributed by atoms with E-state index in [2.05, 4.69) is 20.4 Å². The molecular formula is C13H19N3O4S. The molecule has 1 heterocycles. The number of hydrogen-bond donors (Lipinski definition) is 2. The third kappa shape index (κ3) is 5.22. The maximum atomic E-state index is 11.8. The van der Waals surface area contributed by atoms with E-state index in [0.29, 0.717) is 11.6 Å². The summed E-state index contributed by atoms with van der Waals surface area (Å²) in [4.78, 5) is 39.1. The largest absolute Gasteiger partial charge is 0.466 e. The molecule has 0 radical (unpaired) electrons. The van der Waals surface area contributed by atoms with Gasteiger partial charge in [0.15, 0.2) is 5.17 Å². The van der Waals surface area contributed by atoms with Crippen LogP contribution in [0.25, 0.3) is 0 Å². The number of methoxy groups -OCH3 is 1. The minimum absolute atomic E-state index is 0.195. The number of likely N-dealkylation sites (N-methyl/N-ethyl adjacent to an activating group) is 1. The molecule has 116 valence electrons. The van der Waals surface area contributed by atoms with Gasteiger partial charge in [0.1, 0.15) is 6.04 Å². The summed E-state index contributed by atoms with van der Waals surface area (Å²) in [6.07, 6.45) is 1.66. The summed E-state index contributed by atoms with van der Waals surface area (Å²) in [7, 11) is 2.77. The van der Waals surface area contributed by atoms with Gasteiger partial charge in [0.2, 0.25) is 5.91 Å². The molecule has 2 N–H and O–H groups in total. The quantitative estimate of drug-likeness (QED) is 0.566. The Morgan fingerprint density at radius 3 is 2.67 bits per heavy atom. The van der Waals surface area contributed by atoms with Crippen LogP contribution in [0.15, 0.2) is 16.0 Å². The summed E-state index contributed by atoms with van der Waals surface area (Å²) in [5.74, 6) is -0.969. The van der Waals surface area contributed by atoms with Crippen molar-refractivity contribution in [2.75, 3.05) is 14.2 Å². The zero-order valence-electron chi connectivity index (χ0n) is 12.4. The smallest absolute Gasteiger partial charge is 0.331 e. The van der Waals surface area contributed by atoms with Crippen molar-refractivity contribution in [2.45, 2.75) is 26.3 Å². The van der Waals surface area contributed by atoms with E-state index in [-0.39, 0.29) is 16.7 Å². The Hall–Kier alpha value is -1.83. The van der Waals surface area contributed by atoms with Crippen LogP contribution in [0.2, 0.25) is 0 Å². The van der Waals surface area contributed by atoms with Gasteiger partial charge in [-0.1, -0.05) is 13.8 Å². The normalized spacial score (nSPS) is 19.8. The Morgan fingerprint density at radius 2 is 2.14 bits per heavy atom. The maximum Gasteiger partial charge on any atom is 0.331 e. The number of thioether (sulfide) groups is 1. The fourth-order valence-corrected chi connectivity index (χ4v) is 2.46. The van der Waals surface area contributed by atoms with Gasteiger partial charge in [0, 0.05) is 13.1 Å². The molecule has 1 saturated heterocycles. The lowest BCUT2D eigenvalue weighted by atomic mass is 10.0. The molecule has 8 heteroatoms. The second-order valence-corrected chi connectivity index (χ2v) is 5.81. The predicted molar refractivity (Wildman–Crippen MR) is 80.6 cm³/mol. The van der Waals surface area contributed by atoms with Gasteiger partial charge in [-0.25, -0.2) is 9.79 Å². The number of amides is 2. The highest BCUT2D eigenvalue weighted by Gasteiger charge is 2.27. The third-order valence-electron chi connectivity index (χ3n) is 2.62. The average Bonchev–Trinajstić information content (AvgIpc) is 2.76. The Kier molecular flexibility index (Phi) is 6.41. The number of nitrogens with one attached hydrogen (secondary N) is 2. The topological polar surface area (TPSA) is 96.9 Å². The Labute approximate surface area is 127 Å². The molecule has 1 rings (SSSR count). The average molecular weight is 313 g/mol. The molecule has 1 unspecified atom stereocenters. The van der Waals surface area contributed by atoms with E-state index in [1.165, 1.54) is 7.11 Å². The molecule has 1 atom stereocenters. The van der Waals surface area contributed by atoms with E-state index in [1.54, 1.807) is 7.05 Å². The van der Waals surface area contributed by atoms with Gasteiger partial charge in [-0.3, -0.25) is 9.59 Å². The fourth-order valence-electron chi connectivity index (χ4n) is 1.63. The summed E-state index contributed by atoms with van der Waals surface area (Å²) in [6, 6.07) is -0.574. The first-order valence-corrected chi connectivity index (χ1v) is 7.27. The molecule has 0 saturated carbocycles. The second-order valence-electron chi connectivity index (χ2n) is 4.78. The van der Waals surface area contributed by atoms with Crippen molar-refractivity contribution in [3.05, 3.63) is 11.0 Å². The van der Waals surface area contributed by atoms with Crippen molar-refractivity contribution in [3.8, 4) is 0 Å². The van der Waals surface area contributed by atoms with Crippen molar-refractivity contribution in [3.63, 3.8) is 0 Å². The van der Waals surface area contributed by atoms with Crippen LogP contribution in [0.1, 0.15) is 20.3 Å². The number of carbonyl (C=O) groups excluding carboxylic acids is 3. The SMILES string of the molecule is CNC(=O)C(CC(C)C)N=C1NC(=O)/C(=C/C(=O)OC)S1. The van der Waals surface area contributed by atoms with Gasteiger partial charge < -0.3 is 15.4 Å². The lowest BCUT2D eigenvalue weighted by Crippen LogP contribution is -2.33. The predicted octanol–water partition coefficient (Wildman–Crippen LogP) is 0.423. The summed E-state index contributed by atoms with van der Waals surface area (Å²) < 4.78 is 4.47. The first kappa shape index (κ1) is 17.2. The van der Waals surface area contributed by atoms with Crippen LogP contribution in [0, 0.1) is 5.92 Å². The van der Waals surface area contributed by atoms with Crippen LogP contribution >= 0.6 is 11.8 Å². The third-order valence-corrected chi connectivity index (χ3v) is 3.54. The molecule has 7 nitrogen and oxygen atoms in total. The molecule has 21 heavy (non-hydrogen) atoms. The monoisotopic (exact) mass is 313 g/mol. The molecule has 0 aromatic rings. The number of nitrogens with zero attached hydrogens (tertiary/aromatic N) is 1. The van der Waals surface area contributed by atoms with E-state index in [9.17, 15) is 14.4 Å². The molecule has 1 aliphatic rings. The van der Waals surface area contributed by atoms with E-state index in [4.69, 9.17) is 0 Å². The number of ether oxygens (including phenoxy) is 1. The van der Waals surface area contributed by atoms with Crippen LogP contribution in [0.5, 0.6) is 0 Å². The Morgan fingerprint density at radius 1 is 1.48 bits per heavy atom. The molecule has 2 amide bonds. The van der Waals surface area contributed by atoms with E-state index in [0.717, 1.165) is 17.8 Å².